The topological polar surface area (TPSA) is 49.4 Å². The average molecular weight is 340 g/mol. The number of hydrogen-bond acceptors (Lipinski definition) is 2. The van der Waals surface area contributed by atoms with Gasteiger partial charge >= 0.3 is 0 Å². The summed E-state index contributed by atoms with van der Waals surface area (Å²) in [4.78, 5) is 26.3. The van der Waals surface area contributed by atoms with Crippen LogP contribution in [-0.4, -0.2) is 36.3 Å². The number of carbonyl (C=O) groups excluding carboxylic acids is 2. The number of nitrogens with one attached hydrogen (secondary N) is 1. The summed E-state index contributed by atoms with van der Waals surface area (Å²) in [5, 5.41) is 2.99. The predicted molar refractivity (Wildman–Crippen MR) is 94.1 cm³/mol. The van der Waals surface area contributed by atoms with E-state index in [0.29, 0.717) is 17.7 Å². The normalized spacial score (nSPS) is 18.5. The summed E-state index contributed by atoms with van der Waals surface area (Å²) in [5.74, 6) is -0.333. The molecule has 0 bridgehead atoms. The van der Waals surface area contributed by atoms with E-state index in [0.717, 1.165) is 12.0 Å². The van der Waals surface area contributed by atoms with Gasteiger partial charge in [0.25, 0.3) is 11.8 Å². The lowest BCUT2D eigenvalue weighted by molar-refractivity contribution is 0.0802. The van der Waals surface area contributed by atoms with Crippen molar-refractivity contribution in [1.82, 2.24) is 10.2 Å². The van der Waals surface area contributed by atoms with E-state index in [2.05, 4.69) is 5.32 Å². The Morgan fingerprint density at radius 1 is 1.16 bits per heavy atom. The highest BCUT2D eigenvalue weighted by atomic mass is 19.1. The molecule has 0 aromatic heterocycles. The summed E-state index contributed by atoms with van der Waals surface area (Å²) >= 11 is 0. The molecule has 2 atom stereocenters. The van der Waals surface area contributed by atoms with E-state index >= 15 is 0 Å². The first-order valence-corrected chi connectivity index (χ1v) is 8.41. The van der Waals surface area contributed by atoms with Crippen LogP contribution in [0.2, 0.25) is 0 Å². The molecule has 2 unspecified atom stereocenters. The highest BCUT2D eigenvalue weighted by Crippen LogP contribution is 2.40. The zero-order chi connectivity index (χ0) is 18.0. The molecule has 4 nitrogen and oxygen atoms in total. The Kier molecular flexibility index (Phi) is 4.83. The lowest BCUT2D eigenvalue weighted by atomic mass is 10.1. The zero-order valence-corrected chi connectivity index (χ0v) is 14.3. The van der Waals surface area contributed by atoms with Crippen LogP contribution < -0.4 is 5.32 Å². The molecule has 3 rings (SSSR count). The van der Waals surface area contributed by atoms with Gasteiger partial charge in [0, 0.05) is 36.7 Å². The quantitative estimate of drug-likeness (QED) is 0.909. The predicted octanol–water partition coefficient (Wildman–Crippen LogP) is 3.20. The molecule has 0 radical (unpaired) electrons. The molecule has 25 heavy (non-hydrogen) atoms. The van der Waals surface area contributed by atoms with Gasteiger partial charge in [-0.3, -0.25) is 9.59 Å². The standard InChI is InChI=1S/C20H21FN2O2/c1-3-23(2)20(25)15-6-4-5-14(11-15)19(24)22-18-12-17(18)13-7-9-16(21)10-8-13/h4-11,17-18H,3,12H2,1-2H3,(H,22,24). The molecule has 2 aromatic carbocycles. The maximum Gasteiger partial charge on any atom is 0.253 e. The number of rotatable bonds is 5. The first kappa shape index (κ1) is 17.1. The Morgan fingerprint density at radius 3 is 2.52 bits per heavy atom. The molecule has 0 aliphatic heterocycles. The van der Waals surface area contributed by atoms with Crippen molar-refractivity contribution in [3.05, 3.63) is 71.0 Å². The van der Waals surface area contributed by atoms with Crippen LogP contribution >= 0.6 is 0 Å². The van der Waals surface area contributed by atoms with Crippen LogP contribution in [0, 0.1) is 5.82 Å². The second kappa shape index (κ2) is 7.05. The molecule has 5 heteroatoms. The second-order valence-corrected chi connectivity index (χ2v) is 6.37. The molecule has 130 valence electrons. The molecular weight excluding hydrogens is 319 g/mol. The fourth-order valence-corrected chi connectivity index (χ4v) is 2.84. The van der Waals surface area contributed by atoms with Crippen molar-refractivity contribution in [2.24, 2.45) is 0 Å². The average Bonchev–Trinajstić information content (AvgIpc) is 3.40. The summed E-state index contributed by atoms with van der Waals surface area (Å²) in [5.41, 5.74) is 2.00. The first-order valence-electron chi connectivity index (χ1n) is 8.41. The van der Waals surface area contributed by atoms with Gasteiger partial charge in [-0.2, -0.15) is 0 Å². The molecule has 0 spiro atoms. The number of hydrogen-bond donors (Lipinski definition) is 1. The Labute approximate surface area is 146 Å². The van der Waals surface area contributed by atoms with Gasteiger partial charge in [0.05, 0.1) is 0 Å². The van der Waals surface area contributed by atoms with Crippen LogP contribution in [0.3, 0.4) is 0 Å². The first-order chi connectivity index (χ1) is 12.0. The van der Waals surface area contributed by atoms with Gasteiger partial charge in [0.1, 0.15) is 5.82 Å². The van der Waals surface area contributed by atoms with E-state index in [-0.39, 0.29) is 29.6 Å². The largest absolute Gasteiger partial charge is 0.349 e. The van der Waals surface area contributed by atoms with Crippen LogP contribution in [-0.2, 0) is 0 Å². The third-order valence-electron chi connectivity index (χ3n) is 4.60. The maximum atomic E-state index is 13.0. The SMILES string of the molecule is CCN(C)C(=O)c1cccc(C(=O)NC2CC2c2ccc(F)cc2)c1. The monoisotopic (exact) mass is 340 g/mol. The van der Waals surface area contributed by atoms with E-state index in [9.17, 15) is 14.0 Å². The summed E-state index contributed by atoms with van der Waals surface area (Å²) in [6.07, 6.45) is 0.842. The molecular formula is C20H21FN2O2. The van der Waals surface area contributed by atoms with Crippen molar-refractivity contribution in [3.8, 4) is 0 Å². The van der Waals surface area contributed by atoms with Gasteiger partial charge < -0.3 is 10.2 Å². The number of nitrogens with zero attached hydrogens (tertiary/aromatic N) is 1. The van der Waals surface area contributed by atoms with E-state index in [1.807, 2.05) is 6.92 Å². The summed E-state index contributed by atoms with van der Waals surface area (Å²) in [7, 11) is 1.73. The Balaban J connectivity index is 1.64. The van der Waals surface area contributed by atoms with E-state index in [1.54, 1.807) is 48.3 Å². The molecule has 1 N–H and O–H groups in total. The van der Waals surface area contributed by atoms with Crippen LogP contribution in [0.15, 0.2) is 48.5 Å². The van der Waals surface area contributed by atoms with Crippen molar-refractivity contribution < 1.29 is 14.0 Å². The molecule has 1 aliphatic carbocycles. The van der Waals surface area contributed by atoms with E-state index in [1.165, 1.54) is 12.1 Å². The van der Waals surface area contributed by atoms with Crippen LogP contribution in [0.5, 0.6) is 0 Å². The van der Waals surface area contributed by atoms with E-state index < -0.39 is 0 Å². The minimum atomic E-state index is -0.261. The van der Waals surface area contributed by atoms with Crippen molar-refractivity contribution in [2.45, 2.75) is 25.3 Å². The van der Waals surface area contributed by atoms with Gasteiger partial charge in [-0.15, -0.1) is 0 Å². The lowest BCUT2D eigenvalue weighted by Gasteiger charge is -2.15. The van der Waals surface area contributed by atoms with Crippen molar-refractivity contribution >= 4 is 11.8 Å². The Hall–Kier alpha value is -2.69. The molecule has 0 heterocycles. The van der Waals surface area contributed by atoms with Crippen molar-refractivity contribution in [2.75, 3.05) is 13.6 Å². The van der Waals surface area contributed by atoms with Gasteiger partial charge in [-0.25, -0.2) is 4.39 Å². The summed E-state index contributed by atoms with van der Waals surface area (Å²) < 4.78 is 13.0. The van der Waals surface area contributed by atoms with Gasteiger partial charge in [0.2, 0.25) is 0 Å². The number of halogens is 1. The van der Waals surface area contributed by atoms with Gasteiger partial charge in [0.15, 0.2) is 0 Å². The van der Waals surface area contributed by atoms with Gasteiger partial charge in [-0.1, -0.05) is 18.2 Å². The molecule has 2 aromatic rings. The van der Waals surface area contributed by atoms with E-state index in [4.69, 9.17) is 0 Å². The number of amides is 2. The van der Waals surface area contributed by atoms with Crippen molar-refractivity contribution in [1.29, 1.82) is 0 Å². The fourth-order valence-electron chi connectivity index (χ4n) is 2.84. The van der Waals surface area contributed by atoms with Gasteiger partial charge in [-0.05, 0) is 49.2 Å². The smallest absolute Gasteiger partial charge is 0.253 e. The third kappa shape index (κ3) is 3.87. The van der Waals surface area contributed by atoms with Crippen LogP contribution in [0.1, 0.15) is 45.5 Å². The number of benzene rings is 2. The molecule has 1 aliphatic rings. The van der Waals surface area contributed by atoms with Crippen LogP contribution in [0.4, 0.5) is 4.39 Å². The van der Waals surface area contributed by atoms with Crippen LogP contribution in [0.25, 0.3) is 0 Å². The summed E-state index contributed by atoms with van der Waals surface area (Å²) in [6, 6.07) is 13.2. The molecule has 2 amide bonds. The fraction of sp³-hybridized carbons (Fsp3) is 0.300. The lowest BCUT2D eigenvalue weighted by Crippen LogP contribution is -2.28. The molecule has 0 saturated heterocycles. The Morgan fingerprint density at radius 2 is 1.84 bits per heavy atom. The number of carbonyl (C=O) groups is 2. The summed E-state index contributed by atoms with van der Waals surface area (Å²) in [6.45, 7) is 2.51. The minimum Gasteiger partial charge on any atom is -0.349 e. The molecule has 1 fully saturated rings. The maximum absolute atomic E-state index is 13.0. The highest BCUT2D eigenvalue weighted by Gasteiger charge is 2.39. The second-order valence-electron chi connectivity index (χ2n) is 6.37. The van der Waals surface area contributed by atoms with Crippen molar-refractivity contribution in [3.63, 3.8) is 0 Å². The Bertz CT molecular complexity index is 789. The third-order valence-corrected chi connectivity index (χ3v) is 4.60. The minimum absolute atomic E-state index is 0.0515. The highest BCUT2D eigenvalue weighted by molar-refractivity contribution is 5.99. The zero-order valence-electron chi connectivity index (χ0n) is 14.3. The molecule has 1 saturated carbocycles.